The summed E-state index contributed by atoms with van der Waals surface area (Å²) in [4.78, 5) is 15.5. The van der Waals surface area contributed by atoms with Crippen LogP contribution in [0.2, 0.25) is 10.0 Å². The third-order valence-corrected chi connectivity index (χ3v) is 3.14. The normalized spacial score (nSPS) is 11.3. The molecule has 0 bridgehead atoms. The minimum absolute atomic E-state index is 0.162. The van der Waals surface area contributed by atoms with Crippen molar-refractivity contribution in [3.8, 4) is 11.4 Å². The molecule has 1 aromatic heterocycles. The van der Waals surface area contributed by atoms with Gasteiger partial charge in [-0.25, -0.2) is 14.5 Å². The molecule has 0 fully saturated rings. The third kappa shape index (κ3) is 4.31. The second-order valence-corrected chi connectivity index (χ2v) is 5.29. The average molecular weight is 326 g/mol. The molecule has 21 heavy (non-hydrogen) atoms. The molecular formula is C14H13Cl2N3O2. The number of benzene rings is 1. The van der Waals surface area contributed by atoms with Gasteiger partial charge in [-0.15, -0.1) is 5.10 Å². The molecule has 1 aromatic carbocycles. The van der Waals surface area contributed by atoms with E-state index in [1.807, 2.05) is 0 Å². The van der Waals surface area contributed by atoms with Crippen LogP contribution in [0.3, 0.4) is 0 Å². The van der Waals surface area contributed by atoms with E-state index in [1.54, 1.807) is 32.0 Å². The van der Waals surface area contributed by atoms with Crippen LogP contribution in [0.4, 0.5) is 0 Å². The van der Waals surface area contributed by atoms with Crippen LogP contribution in [0.25, 0.3) is 17.6 Å². The highest BCUT2D eigenvalue weighted by molar-refractivity contribution is 6.42. The number of hydrogen-bond donors (Lipinski definition) is 0. The number of rotatable bonds is 4. The highest BCUT2D eigenvalue weighted by Crippen LogP contribution is 2.26. The summed E-state index contributed by atoms with van der Waals surface area (Å²) in [6, 6.07) is 5.13. The van der Waals surface area contributed by atoms with Crippen LogP contribution in [0, 0.1) is 0 Å². The number of carbonyl (C=O) groups excluding carboxylic acids is 1. The SMILES string of the molecule is CC(C)OC(=O)/C=C/n1cnc(-c2ccc(Cl)c(Cl)c2)n1. The van der Waals surface area contributed by atoms with Crippen molar-refractivity contribution in [1.82, 2.24) is 14.8 Å². The average Bonchev–Trinajstić information content (AvgIpc) is 2.88. The van der Waals surface area contributed by atoms with Crippen LogP contribution < -0.4 is 0 Å². The molecule has 0 aliphatic heterocycles. The van der Waals surface area contributed by atoms with Crippen LogP contribution in [-0.4, -0.2) is 26.8 Å². The van der Waals surface area contributed by atoms with Crippen LogP contribution in [0.1, 0.15) is 13.8 Å². The molecule has 0 saturated carbocycles. The maximum absolute atomic E-state index is 11.4. The maximum Gasteiger partial charge on any atom is 0.332 e. The first-order valence-electron chi connectivity index (χ1n) is 6.21. The molecule has 0 atom stereocenters. The zero-order chi connectivity index (χ0) is 15.4. The number of nitrogens with zero attached hydrogens (tertiary/aromatic N) is 3. The molecule has 0 amide bonds. The van der Waals surface area contributed by atoms with E-state index in [1.165, 1.54) is 23.3 Å². The van der Waals surface area contributed by atoms with Gasteiger partial charge in [-0.05, 0) is 32.0 Å². The molecule has 1 heterocycles. The summed E-state index contributed by atoms with van der Waals surface area (Å²) >= 11 is 11.8. The van der Waals surface area contributed by atoms with Gasteiger partial charge in [0.1, 0.15) is 6.33 Å². The van der Waals surface area contributed by atoms with Gasteiger partial charge in [0.05, 0.1) is 16.1 Å². The Hall–Kier alpha value is -1.85. The molecule has 0 aliphatic carbocycles. The van der Waals surface area contributed by atoms with Crippen molar-refractivity contribution in [3.63, 3.8) is 0 Å². The predicted molar refractivity (Wildman–Crippen MR) is 82.0 cm³/mol. The summed E-state index contributed by atoms with van der Waals surface area (Å²) in [6.07, 6.45) is 4.08. The number of halogens is 2. The summed E-state index contributed by atoms with van der Waals surface area (Å²) in [5.74, 6) is 0.0482. The Morgan fingerprint density at radius 2 is 2.10 bits per heavy atom. The molecule has 7 heteroatoms. The molecule has 0 N–H and O–H groups in total. The smallest absolute Gasteiger partial charge is 0.332 e. The third-order valence-electron chi connectivity index (χ3n) is 2.40. The second kappa shape index (κ2) is 6.74. The summed E-state index contributed by atoms with van der Waals surface area (Å²) < 4.78 is 6.39. The van der Waals surface area contributed by atoms with E-state index >= 15 is 0 Å². The fourth-order valence-electron chi connectivity index (χ4n) is 1.52. The quantitative estimate of drug-likeness (QED) is 0.635. The lowest BCUT2D eigenvalue weighted by Crippen LogP contribution is -2.08. The van der Waals surface area contributed by atoms with Gasteiger partial charge >= 0.3 is 5.97 Å². The summed E-state index contributed by atoms with van der Waals surface area (Å²) in [6.45, 7) is 3.56. The minimum atomic E-state index is -0.434. The van der Waals surface area contributed by atoms with Crippen LogP contribution in [0.5, 0.6) is 0 Å². The van der Waals surface area contributed by atoms with Crippen molar-refractivity contribution < 1.29 is 9.53 Å². The first-order chi connectivity index (χ1) is 9.95. The molecule has 110 valence electrons. The Bertz CT molecular complexity index is 681. The summed E-state index contributed by atoms with van der Waals surface area (Å²) in [5, 5.41) is 5.11. The zero-order valence-corrected chi connectivity index (χ0v) is 13.0. The fourth-order valence-corrected chi connectivity index (χ4v) is 1.82. The van der Waals surface area contributed by atoms with E-state index in [0.29, 0.717) is 15.9 Å². The molecule has 0 spiro atoms. The standard InChI is InChI=1S/C14H13Cl2N3O2/c1-9(2)21-13(20)5-6-19-8-17-14(18-19)10-3-4-11(15)12(16)7-10/h3-9H,1-2H3/b6-5+. The van der Waals surface area contributed by atoms with Crippen LogP contribution >= 0.6 is 23.2 Å². The Morgan fingerprint density at radius 3 is 2.76 bits per heavy atom. The minimum Gasteiger partial charge on any atom is -0.460 e. The molecule has 0 radical (unpaired) electrons. The number of carbonyl (C=O) groups is 1. The zero-order valence-electron chi connectivity index (χ0n) is 11.5. The van der Waals surface area contributed by atoms with Gasteiger partial charge in [0.15, 0.2) is 5.82 Å². The number of hydrogen-bond acceptors (Lipinski definition) is 4. The van der Waals surface area contributed by atoms with E-state index in [-0.39, 0.29) is 6.10 Å². The van der Waals surface area contributed by atoms with E-state index in [2.05, 4.69) is 10.1 Å². The van der Waals surface area contributed by atoms with Gasteiger partial charge in [-0.3, -0.25) is 0 Å². The van der Waals surface area contributed by atoms with Crippen molar-refractivity contribution in [2.45, 2.75) is 20.0 Å². The summed E-state index contributed by atoms with van der Waals surface area (Å²) in [7, 11) is 0. The second-order valence-electron chi connectivity index (χ2n) is 4.48. The Kier molecular flexibility index (Phi) is 4.98. The lowest BCUT2D eigenvalue weighted by Gasteiger charge is -2.03. The van der Waals surface area contributed by atoms with E-state index in [0.717, 1.165) is 5.56 Å². The van der Waals surface area contributed by atoms with Crippen molar-refractivity contribution in [2.75, 3.05) is 0 Å². The van der Waals surface area contributed by atoms with E-state index in [9.17, 15) is 4.79 Å². The van der Waals surface area contributed by atoms with E-state index in [4.69, 9.17) is 27.9 Å². The highest BCUT2D eigenvalue weighted by atomic mass is 35.5. The fraction of sp³-hybridized carbons (Fsp3) is 0.214. The largest absolute Gasteiger partial charge is 0.460 e. The van der Waals surface area contributed by atoms with Crippen molar-refractivity contribution in [1.29, 1.82) is 0 Å². The molecule has 5 nitrogen and oxygen atoms in total. The molecule has 2 aromatic rings. The molecule has 0 unspecified atom stereocenters. The Labute approximate surface area is 132 Å². The van der Waals surface area contributed by atoms with Crippen molar-refractivity contribution in [2.24, 2.45) is 0 Å². The van der Waals surface area contributed by atoms with Gasteiger partial charge < -0.3 is 4.74 Å². The summed E-state index contributed by atoms with van der Waals surface area (Å²) in [5.41, 5.74) is 0.737. The molecule has 0 saturated heterocycles. The van der Waals surface area contributed by atoms with Crippen molar-refractivity contribution in [3.05, 3.63) is 40.6 Å². The first kappa shape index (κ1) is 15.5. The predicted octanol–water partition coefficient (Wildman–Crippen LogP) is 3.67. The van der Waals surface area contributed by atoms with Crippen LogP contribution in [-0.2, 0) is 9.53 Å². The van der Waals surface area contributed by atoms with Gasteiger partial charge in [-0.1, -0.05) is 23.2 Å². The van der Waals surface area contributed by atoms with E-state index < -0.39 is 5.97 Å². The monoisotopic (exact) mass is 325 g/mol. The number of esters is 1. The van der Waals surface area contributed by atoms with Crippen molar-refractivity contribution >= 4 is 35.4 Å². The number of ether oxygens (including phenoxy) is 1. The first-order valence-corrected chi connectivity index (χ1v) is 6.96. The highest BCUT2D eigenvalue weighted by Gasteiger charge is 2.06. The van der Waals surface area contributed by atoms with Gasteiger partial charge in [0.25, 0.3) is 0 Å². The van der Waals surface area contributed by atoms with Crippen LogP contribution in [0.15, 0.2) is 30.6 Å². The number of aromatic nitrogens is 3. The Balaban J connectivity index is 2.12. The maximum atomic E-state index is 11.4. The lowest BCUT2D eigenvalue weighted by atomic mass is 10.2. The van der Waals surface area contributed by atoms with Gasteiger partial charge in [-0.2, -0.15) is 0 Å². The van der Waals surface area contributed by atoms with Gasteiger partial charge in [0, 0.05) is 17.8 Å². The molecule has 0 aliphatic rings. The topological polar surface area (TPSA) is 57.0 Å². The lowest BCUT2D eigenvalue weighted by molar-refractivity contribution is -0.141. The van der Waals surface area contributed by atoms with Gasteiger partial charge in [0.2, 0.25) is 0 Å². The Morgan fingerprint density at radius 1 is 1.33 bits per heavy atom. The molecular weight excluding hydrogens is 313 g/mol. The molecule has 2 rings (SSSR count).